The van der Waals surface area contributed by atoms with Crippen LogP contribution >= 0.6 is 23.2 Å². The fraction of sp³-hybridized carbons (Fsp3) is 0.0714. The first-order chi connectivity index (χ1) is 8.65. The van der Waals surface area contributed by atoms with Crippen LogP contribution in [0.15, 0.2) is 53.6 Å². The summed E-state index contributed by atoms with van der Waals surface area (Å²) in [5.74, 6) is 0. The topological polar surface area (TPSA) is 24.4 Å². The monoisotopic (exact) mass is 278 g/mol. The molecule has 0 unspecified atom stereocenters. The van der Waals surface area contributed by atoms with Gasteiger partial charge in [-0.3, -0.25) is 5.43 Å². The number of aryl methyl sites for hydroxylation is 1. The summed E-state index contributed by atoms with van der Waals surface area (Å²) < 4.78 is 0. The van der Waals surface area contributed by atoms with Crippen molar-refractivity contribution in [2.45, 2.75) is 6.92 Å². The number of anilines is 1. The van der Waals surface area contributed by atoms with Gasteiger partial charge >= 0.3 is 0 Å². The van der Waals surface area contributed by atoms with E-state index in [1.807, 2.05) is 43.3 Å². The highest BCUT2D eigenvalue weighted by atomic mass is 35.5. The molecule has 0 fully saturated rings. The molecule has 0 saturated heterocycles. The average molecular weight is 279 g/mol. The lowest BCUT2D eigenvalue weighted by Crippen LogP contribution is -1.97. The molecule has 1 N–H and O–H groups in total. The first-order valence-electron chi connectivity index (χ1n) is 5.47. The van der Waals surface area contributed by atoms with Crippen LogP contribution in [0.25, 0.3) is 0 Å². The lowest BCUT2D eigenvalue weighted by molar-refractivity contribution is 1.34. The number of hydrazone groups is 1. The van der Waals surface area contributed by atoms with Gasteiger partial charge < -0.3 is 0 Å². The van der Waals surface area contributed by atoms with Crippen molar-refractivity contribution in [3.05, 3.63) is 64.7 Å². The quantitative estimate of drug-likeness (QED) is 0.641. The van der Waals surface area contributed by atoms with E-state index in [9.17, 15) is 0 Å². The van der Waals surface area contributed by atoms with E-state index in [1.165, 1.54) is 5.56 Å². The molecule has 0 atom stereocenters. The number of hydrogen-bond donors (Lipinski definition) is 1. The molecule has 4 heteroatoms. The molecule has 2 rings (SSSR count). The zero-order chi connectivity index (χ0) is 13.0. The molecule has 0 aliphatic carbocycles. The molecule has 92 valence electrons. The van der Waals surface area contributed by atoms with Gasteiger partial charge in [0, 0.05) is 10.6 Å². The van der Waals surface area contributed by atoms with Crippen LogP contribution in [0.5, 0.6) is 0 Å². The van der Waals surface area contributed by atoms with Crippen LogP contribution in [0.2, 0.25) is 5.02 Å². The van der Waals surface area contributed by atoms with E-state index in [-0.39, 0.29) is 0 Å². The summed E-state index contributed by atoms with van der Waals surface area (Å²) in [5, 5.41) is 5.22. The standard InChI is InChI=1S/C14H12Cl2N2/c1-10-2-4-11(5-3-10)14(16)18-17-13-8-6-12(15)7-9-13/h2-9,17H,1H3/b18-14-. The maximum absolute atomic E-state index is 6.10. The number of nitrogens with zero attached hydrogens (tertiary/aromatic N) is 1. The van der Waals surface area contributed by atoms with E-state index in [0.717, 1.165) is 11.3 Å². The number of rotatable bonds is 3. The van der Waals surface area contributed by atoms with Crippen LogP contribution in [0.4, 0.5) is 5.69 Å². The number of nitrogens with one attached hydrogen (secondary N) is 1. The van der Waals surface area contributed by atoms with E-state index in [1.54, 1.807) is 12.1 Å². The van der Waals surface area contributed by atoms with Gasteiger partial charge in [0.05, 0.1) is 5.69 Å². The summed E-state index contributed by atoms with van der Waals surface area (Å²) in [6, 6.07) is 15.1. The summed E-state index contributed by atoms with van der Waals surface area (Å²) in [6.45, 7) is 2.03. The molecule has 0 heterocycles. The molecule has 0 aromatic heterocycles. The third kappa shape index (κ3) is 3.49. The predicted molar refractivity (Wildman–Crippen MR) is 78.6 cm³/mol. The molecule has 0 spiro atoms. The van der Waals surface area contributed by atoms with Crippen LogP contribution in [-0.2, 0) is 0 Å². The molecule has 0 bridgehead atoms. The second-order valence-electron chi connectivity index (χ2n) is 3.89. The maximum Gasteiger partial charge on any atom is 0.156 e. The second-order valence-corrected chi connectivity index (χ2v) is 4.68. The average Bonchev–Trinajstić information content (AvgIpc) is 2.38. The SMILES string of the molecule is Cc1ccc(/C(Cl)=N/Nc2ccc(Cl)cc2)cc1. The zero-order valence-corrected chi connectivity index (χ0v) is 11.3. The van der Waals surface area contributed by atoms with Gasteiger partial charge in [-0.15, -0.1) is 0 Å². The molecule has 2 aromatic carbocycles. The molecule has 2 nitrogen and oxygen atoms in total. The lowest BCUT2D eigenvalue weighted by Gasteiger charge is -2.02. The summed E-state index contributed by atoms with van der Waals surface area (Å²) in [7, 11) is 0. The Kier molecular flexibility index (Phi) is 4.24. The Morgan fingerprint density at radius 1 is 1.00 bits per heavy atom. The highest BCUT2D eigenvalue weighted by molar-refractivity contribution is 6.69. The number of halogens is 2. The molecular weight excluding hydrogens is 267 g/mol. The van der Waals surface area contributed by atoms with E-state index >= 15 is 0 Å². The summed E-state index contributed by atoms with van der Waals surface area (Å²) >= 11 is 11.9. The van der Waals surface area contributed by atoms with E-state index < -0.39 is 0 Å². The second kappa shape index (κ2) is 5.89. The van der Waals surface area contributed by atoms with Crippen molar-refractivity contribution in [1.82, 2.24) is 0 Å². The van der Waals surface area contributed by atoms with Gasteiger partial charge in [0.2, 0.25) is 0 Å². The van der Waals surface area contributed by atoms with E-state index in [0.29, 0.717) is 10.2 Å². The normalized spacial score (nSPS) is 11.4. The largest absolute Gasteiger partial charge is 0.277 e. The van der Waals surface area contributed by atoms with Crippen molar-refractivity contribution < 1.29 is 0 Å². The van der Waals surface area contributed by atoms with Crippen molar-refractivity contribution in [2.24, 2.45) is 5.10 Å². The Hall–Kier alpha value is -1.51. The molecule has 0 amide bonds. The van der Waals surface area contributed by atoms with Gasteiger partial charge in [0.1, 0.15) is 0 Å². The Bertz CT molecular complexity index is 545. The summed E-state index contributed by atoms with van der Waals surface area (Å²) in [6.07, 6.45) is 0. The van der Waals surface area contributed by atoms with Gasteiger partial charge in [0.15, 0.2) is 5.17 Å². The van der Waals surface area contributed by atoms with Crippen LogP contribution < -0.4 is 5.43 Å². The van der Waals surface area contributed by atoms with Crippen LogP contribution in [0.1, 0.15) is 11.1 Å². The van der Waals surface area contributed by atoms with Crippen molar-refractivity contribution in [2.75, 3.05) is 5.43 Å². The maximum atomic E-state index is 6.10. The lowest BCUT2D eigenvalue weighted by atomic mass is 10.2. The zero-order valence-electron chi connectivity index (χ0n) is 9.82. The first-order valence-corrected chi connectivity index (χ1v) is 6.22. The Morgan fingerprint density at radius 3 is 2.22 bits per heavy atom. The third-order valence-electron chi connectivity index (χ3n) is 2.42. The minimum Gasteiger partial charge on any atom is -0.277 e. The van der Waals surface area contributed by atoms with E-state index in [2.05, 4.69) is 10.5 Å². The fourth-order valence-corrected chi connectivity index (χ4v) is 1.69. The van der Waals surface area contributed by atoms with Crippen LogP contribution in [0.3, 0.4) is 0 Å². The van der Waals surface area contributed by atoms with Gasteiger partial charge in [-0.1, -0.05) is 53.0 Å². The molecule has 2 aromatic rings. The molecule has 0 aliphatic rings. The summed E-state index contributed by atoms with van der Waals surface area (Å²) in [4.78, 5) is 0. The van der Waals surface area contributed by atoms with Gasteiger partial charge in [0.25, 0.3) is 0 Å². The third-order valence-corrected chi connectivity index (χ3v) is 2.97. The summed E-state index contributed by atoms with van der Waals surface area (Å²) in [5.41, 5.74) is 5.79. The van der Waals surface area contributed by atoms with Crippen molar-refractivity contribution in [1.29, 1.82) is 0 Å². The van der Waals surface area contributed by atoms with Crippen molar-refractivity contribution in [3.63, 3.8) is 0 Å². The van der Waals surface area contributed by atoms with Crippen LogP contribution in [-0.4, -0.2) is 5.17 Å². The van der Waals surface area contributed by atoms with Gasteiger partial charge in [-0.05, 0) is 31.2 Å². The predicted octanol–water partition coefficient (Wildman–Crippen LogP) is 4.66. The Labute approximate surface area is 116 Å². The highest BCUT2D eigenvalue weighted by Gasteiger charge is 1.99. The molecule has 0 radical (unpaired) electrons. The Morgan fingerprint density at radius 2 is 1.61 bits per heavy atom. The molecule has 0 aliphatic heterocycles. The molecule has 18 heavy (non-hydrogen) atoms. The van der Waals surface area contributed by atoms with Gasteiger partial charge in [-0.25, -0.2) is 0 Å². The van der Waals surface area contributed by atoms with E-state index in [4.69, 9.17) is 23.2 Å². The number of benzene rings is 2. The van der Waals surface area contributed by atoms with Crippen molar-refractivity contribution >= 4 is 34.1 Å². The molecule has 0 saturated carbocycles. The first kappa shape index (κ1) is 12.9. The molecular formula is C14H12Cl2N2. The highest BCUT2D eigenvalue weighted by Crippen LogP contribution is 2.14. The van der Waals surface area contributed by atoms with Crippen molar-refractivity contribution in [3.8, 4) is 0 Å². The minimum atomic E-state index is 0.421. The van der Waals surface area contributed by atoms with Crippen LogP contribution in [0, 0.1) is 6.92 Å². The smallest absolute Gasteiger partial charge is 0.156 e. The minimum absolute atomic E-state index is 0.421. The fourth-order valence-electron chi connectivity index (χ4n) is 1.39. The number of hydrogen-bond acceptors (Lipinski definition) is 2. The Balaban J connectivity index is 2.09. The van der Waals surface area contributed by atoms with Gasteiger partial charge in [-0.2, -0.15) is 5.10 Å².